The lowest BCUT2D eigenvalue weighted by Gasteiger charge is -2.18. The number of sulfonamides is 1. The van der Waals surface area contributed by atoms with E-state index in [1.807, 2.05) is 30.3 Å². The molecule has 0 amide bonds. The van der Waals surface area contributed by atoms with Crippen LogP contribution in [-0.2, 0) is 37.3 Å². The molecule has 11 nitrogen and oxygen atoms in total. The van der Waals surface area contributed by atoms with Gasteiger partial charge in [-0.1, -0.05) is 36.4 Å². The predicted molar refractivity (Wildman–Crippen MR) is 135 cm³/mol. The van der Waals surface area contributed by atoms with Crippen LogP contribution < -0.4 is 18.9 Å². The van der Waals surface area contributed by atoms with E-state index >= 15 is 0 Å². The lowest BCUT2D eigenvalue weighted by Crippen LogP contribution is -2.34. The average Bonchev–Trinajstić information content (AvgIpc) is 3.47. The third-order valence-electron chi connectivity index (χ3n) is 5.71. The second-order valence-corrected chi connectivity index (χ2v) is 10.2. The molecule has 0 spiro atoms. The summed E-state index contributed by atoms with van der Waals surface area (Å²) in [5.74, 6) is 1.01. The molecule has 4 rings (SSSR count). The van der Waals surface area contributed by atoms with Gasteiger partial charge in [0, 0.05) is 14.0 Å². The van der Waals surface area contributed by atoms with Gasteiger partial charge in [0.25, 0.3) is 0 Å². The molecule has 0 saturated carbocycles. The van der Waals surface area contributed by atoms with E-state index in [-0.39, 0.29) is 44.7 Å². The molecular formula is C25H29N3O8S. The van der Waals surface area contributed by atoms with E-state index in [4.69, 9.17) is 23.7 Å². The van der Waals surface area contributed by atoms with Gasteiger partial charge in [0.2, 0.25) is 22.7 Å². The average molecular weight is 532 g/mol. The third-order valence-corrected chi connectivity index (χ3v) is 7.36. The number of carbonyl (C=O) groups is 1. The van der Waals surface area contributed by atoms with Crippen LogP contribution in [0.25, 0.3) is 11.1 Å². The van der Waals surface area contributed by atoms with Gasteiger partial charge in [0.15, 0.2) is 17.3 Å². The molecule has 198 valence electrons. The summed E-state index contributed by atoms with van der Waals surface area (Å²) >= 11 is 0. The number of aromatic nitrogens is 2. The molecule has 2 aromatic carbocycles. The largest absolute Gasteiger partial charge is 0.481 e. The number of hydrogen-bond donors (Lipinski definition) is 1. The highest BCUT2D eigenvalue weighted by Crippen LogP contribution is 2.42. The fraction of sp³-hybridized carbons (Fsp3) is 0.360. The molecule has 0 aliphatic carbocycles. The molecule has 1 aromatic heterocycles. The molecule has 0 saturated heterocycles. The van der Waals surface area contributed by atoms with Crippen LogP contribution in [0.5, 0.6) is 17.4 Å². The Kier molecular flexibility index (Phi) is 8.19. The second kappa shape index (κ2) is 11.5. The smallest absolute Gasteiger partial charge is 0.302 e. The number of carbonyl (C=O) groups excluding carboxylic acids is 1. The van der Waals surface area contributed by atoms with Crippen LogP contribution in [0.4, 0.5) is 5.82 Å². The Labute approximate surface area is 215 Å². The standard InChI is InChI=1S/C25H29N3O8S/c1-17(29)34-12-11-28-25(33-3)23(19-9-10-21-22(14-19)36-16-35-21)24(26-28)27-37(30,31)20(15-32-2)13-18-7-5-4-6-8-18/h4-10,14,20H,11-13,15-16H2,1-3H3,(H,26,27). The highest BCUT2D eigenvalue weighted by molar-refractivity contribution is 7.93. The molecule has 3 aromatic rings. The minimum absolute atomic E-state index is 0.0200. The van der Waals surface area contributed by atoms with Gasteiger partial charge in [-0.3, -0.25) is 9.52 Å². The Morgan fingerprint density at radius 2 is 1.89 bits per heavy atom. The van der Waals surface area contributed by atoms with Gasteiger partial charge in [0.1, 0.15) is 11.9 Å². The van der Waals surface area contributed by atoms with Crippen LogP contribution in [0.3, 0.4) is 0 Å². The molecule has 0 bridgehead atoms. The number of benzene rings is 2. The lowest BCUT2D eigenvalue weighted by molar-refractivity contribution is -0.141. The predicted octanol–water partition coefficient (Wildman–Crippen LogP) is 2.85. The minimum Gasteiger partial charge on any atom is -0.481 e. The molecule has 1 aliphatic rings. The number of nitrogens with one attached hydrogen (secondary N) is 1. The maximum absolute atomic E-state index is 13.6. The van der Waals surface area contributed by atoms with Gasteiger partial charge >= 0.3 is 5.97 Å². The number of hydrogen-bond acceptors (Lipinski definition) is 9. The summed E-state index contributed by atoms with van der Waals surface area (Å²) in [6.45, 7) is 1.55. The zero-order valence-corrected chi connectivity index (χ0v) is 21.6. The van der Waals surface area contributed by atoms with E-state index in [2.05, 4.69) is 9.82 Å². The van der Waals surface area contributed by atoms with E-state index in [9.17, 15) is 13.2 Å². The fourth-order valence-electron chi connectivity index (χ4n) is 4.00. The van der Waals surface area contributed by atoms with Crippen LogP contribution in [0, 0.1) is 0 Å². The molecule has 1 N–H and O–H groups in total. The summed E-state index contributed by atoms with van der Waals surface area (Å²) in [6, 6.07) is 14.5. The highest BCUT2D eigenvalue weighted by atomic mass is 32.2. The van der Waals surface area contributed by atoms with Crippen LogP contribution in [0.1, 0.15) is 12.5 Å². The first kappa shape index (κ1) is 26.3. The maximum atomic E-state index is 13.6. The first-order valence-corrected chi connectivity index (χ1v) is 13.1. The van der Waals surface area contributed by atoms with Crippen molar-refractivity contribution < 1.29 is 36.9 Å². The Morgan fingerprint density at radius 3 is 2.59 bits per heavy atom. The van der Waals surface area contributed by atoms with E-state index in [0.717, 1.165) is 5.56 Å². The van der Waals surface area contributed by atoms with Crippen molar-refractivity contribution in [3.8, 4) is 28.5 Å². The topological polar surface area (TPSA) is 127 Å². The summed E-state index contributed by atoms with van der Waals surface area (Å²) in [7, 11) is -1.06. The van der Waals surface area contributed by atoms with Gasteiger partial charge in [-0.15, -0.1) is 0 Å². The van der Waals surface area contributed by atoms with Crippen molar-refractivity contribution in [2.45, 2.75) is 25.1 Å². The quantitative estimate of drug-likeness (QED) is 0.351. The first-order valence-electron chi connectivity index (χ1n) is 11.5. The third kappa shape index (κ3) is 6.15. The van der Waals surface area contributed by atoms with Crippen molar-refractivity contribution in [1.29, 1.82) is 0 Å². The van der Waals surface area contributed by atoms with E-state index in [1.54, 1.807) is 18.2 Å². The summed E-state index contributed by atoms with van der Waals surface area (Å²) in [5, 5.41) is 3.59. The van der Waals surface area contributed by atoms with Crippen LogP contribution in [0.2, 0.25) is 0 Å². The van der Waals surface area contributed by atoms with Gasteiger partial charge in [-0.2, -0.15) is 5.10 Å². The maximum Gasteiger partial charge on any atom is 0.302 e. The molecule has 12 heteroatoms. The molecule has 37 heavy (non-hydrogen) atoms. The Balaban J connectivity index is 1.73. The highest BCUT2D eigenvalue weighted by Gasteiger charge is 2.31. The van der Waals surface area contributed by atoms with Crippen molar-refractivity contribution >= 4 is 21.8 Å². The number of nitrogens with zero attached hydrogens (tertiary/aromatic N) is 2. The number of ether oxygens (including phenoxy) is 5. The van der Waals surface area contributed by atoms with Crippen molar-refractivity contribution in [1.82, 2.24) is 9.78 Å². The Morgan fingerprint density at radius 1 is 1.14 bits per heavy atom. The van der Waals surface area contributed by atoms with Crippen LogP contribution >= 0.6 is 0 Å². The summed E-state index contributed by atoms with van der Waals surface area (Å²) < 4.78 is 58.1. The number of anilines is 1. The molecule has 1 atom stereocenters. The Bertz CT molecular complexity index is 1340. The molecule has 0 fully saturated rings. The van der Waals surface area contributed by atoms with Crippen molar-refractivity contribution in [3.05, 3.63) is 54.1 Å². The second-order valence-electron chi connectivity index (χ2n) is 8.28. The summed E-state index contributed by atoms with van der Waals surface area (Å²) in [4.78, 5) is 11.3. The van der Waals surface area contributed by atoms with Crippen molar-refractivity contribution in [2.75, 3.05) is 38.9 Å². The van der Waals surface area contributed by atoms with Gasteiger partial charge in [-0.05, 0) is 29.7 Å². The fourth-order valence-corrected chi connectivity index (χ4v) is 5.31. The first-order chi connectivity index (χ1) is 17.8. The molecular weight excluding hydrogens is 502 g/mol. The monoisotopic (exact) mass is 531 g/mol. The van der Waals surface area contributed by atoms with Gasteiger partial charge in [0.05, 0.1) is 25.8 Å². The van der Waals surface area contributed by atoms with Gasteiger partial charge < -0.3 is 23.7 Å². The van der Waals surface area contributed by atoms with Crippen molar-refractivity contribution in [3.63, 3.8) is 0 Å². The zero-order valence-electron chi connectivity index (χ0n) is 20.8. The van der Waals surface area contributed by atoms with Crippen LogP contribution in [-0.4, -0.2) is 63.6 Å². The summed E-state index contributed by atoms with van der Waals surface area (Å²) in [5.41, 5.74) is 1.86. The molecule has 1 unspecified atom stereocenters. The van der Waals surface area contributed by atoms with Gasteiger partial charge in [-0.25, -0.2) is 13.1 Å². The summed E-state index contributed by atoms with van der Waals surface area (Å²) in [6.07, 6.45) is 0.244. The zero-order chi connectivity index (χ0) is 26.4. The number of methoxy groups -OCH3 is 2. The molecule has 2 heterocycles. The van der Waals surface area contributed by atoms with Crippen molar-refractivity contribution in [2.24, 2.45) is 0 Å². The normalized spacial score (nSPS) is 13.3. The van der Waals surface area contributed by atoms with E-state index < -0.39 is 21.2 Å². The number of esters is 1. The van der Waals surface area contributed by atoms with E-state index in [0.29, 0.717) is 22.6 Å². The van der Waals surface area contributed by atoms with Crippen LogP contribution in [0.15, 0.2) is 48.5 Å². The SMILES string of the molecule is COCC(Cc1ccccc1)S(=O)(=O)Nc1nn(CCOC(C)=O)c(OC)c1-c1ccc2c(c1)OCO2. The minimum atomic E-state index is -3.97. The molecule has 0 radical (unpaired) electrons. The van der Waals surface area contributed by atoms with E-state index in [1.165, 1.54) is 25.8 Å². The number of fused-ring (bicyclic) bond motifs is 1. The number of rotatable bonds is 12. The lowest BCUT2D eigenvalue weighted by atomic mass is 10.1. The Hall–Kier alpha value is -3.77. The molecule has 1 aliphatic heterocycles.